The summed E-state index contributed by atoms with van der Waals surface area (Å²) in [5, 5.41) is 7.76. The van der Waals surface area contributed by atoms with Crippen molar-refractivity contribution in [3.63, 3.8) is 0 Å². The third-order valence-electron chi connectivity index (χ3n) is 4.59. The van der Waals surface area contributed by atoms with Gasteiger partial charge in [0.1, 0.15) is 12.4 Å². The molecule has 1 amide bonds. The average Bonchev–Trinajstić information content (AvgIpc) is 3.20. The highest BCUT2D eigenvalue weighted by Gasteiger charge is 2.10. The quantitative estimate of drug-likeness (QED) is 0.391. The van der Waals surface area contributed by atoms with E-state index in [0.29, 0.717) is 28.5 Å². The van der Waals surface area contributed by atoms with Crippen molar-refractivity contribution in [2.75, 3.05) is 5.32 Å². The first-order chi connectivity index (χ1) is 15.5. The maximum absolute atomic E-state index is 13.7. The van der Waals surface area contributed by atoms with Crippen LogP contribution in [0.4, 0.5) is 14.6 Å². The molecule has 0 bridgehead atoms. The van der Waals surface area contributed by atoms with Crippen LogP contribution >= 0.6 is 11.6 Å². The van der Waals surface area contributed by atoms with E-state index in [-0.39, 0.29) is 18.3 Å². The van der Waals surface area contributed by atoms with Gasteiger partial charge < -0.3 is 10.1 Å². The number of anilines is 1. The van der Waals surface area contributed by atoms with Crippen molar-refractivity contribution in [3.8, 4) is 5.75 Å². The summed E-state index contributed by atoms with van der Waals surface area (Å²) in [5.74, 6) is -1.46. The minimum absolute atomic E-state index is 0.0257. The predicted molar refractivity (Wildman–Crippen MR) is 118 cm³/mol. The van der Waals surface area contributed by atoms with Gasteiger partial charge in [0.05, 0.1) is 6.54 Å². The van der Waals surface area contributed by atoms with Gasteiger partial charge in [0.15, 0.2) is 17.4 Å². The molecule has 32 heavy (non-hydrogen) atoms. The van der Waals surface area contributed by atoms with Gasteiger partial charge in [-0.15, -0.1) is 0 Å². The van der Waals surface area contributed by atoms with Crippen molar-refractivity contribution in [3.05, 3.63) is 112 Å². The zero-order valence-corrected chi connectivity index (χ0v) is 17.5. The maximum atomic E-state index is 13.7. The molecule has 5 nitrogen and oxygen atoms in total. The highest BCUT2D eigenvalue weighted by Crippen LogP contribution is 2.19. The first kappa shape index (κ1) is 21.5. The van der Waals surface area contributed by atoms with Crippen molar-refractivity contribution in [2.45, 2.75) is 13.2 Å². The second kappa shape index (κ2) is 9.62. The van der Waals surface area contributed by atoms with Crippen molar-refractivity contribution in [1.29, 1.82) is 0 Å². The molecule has 0 saturated heterocycles. The maximum Gasteiger partial charge on any atom is 0.256 e. The number of nitrogens with zero attached hydrogens (tertiary/aromatic N) is 2. The number of hydrogen-bond acceptors (Lipinski definition) is 3. The van der Waals surface area contributed by atoms with Crippen LogP contribution in [0.2, 0.25) is 5.02 Å². The Morgan fingerprint density at radius 3 is 2.62 bits per heavy atom. The molecule has 0 spiro atoms. The van der Waals surface area contributed by atoms with Crippen LogP contribution in [0, 0.1) is 11.6 Å². The fourth-order valence-electron chi connectivity index (χ4n) is 3.08. The molecule has 0 aliphatic carbocycles. The zero-order chi connectivity index (χ0) is 22.5. The molecule has 0 aliphatic heterocycles. The van der Waals surface area contributed by atoms with Crippen LogP contribution < -0.4 is 10.1 Å². The lowest BCUT2D eigenvalue weighted by Crippen LogP contribution is -2.13. The number of halogens is 3. The molecule has 0 atom stereocenters. The molecule has 3 aromatic carbocycles. The average molecular weight is 454 g/mol. The highest BCUT2D eigenvalue weighted by molar-refractivity contribution is 6.30. The number of ether oxygens (including phenoxy) is 1. The molecule has 162 valence electrons. The lowest BCUT2D eigenvalue weighted by Gasteiger charge is -2.09. The first-order valence-corrected chi connectivity index (χ1v) is 10.1. The van der Waals surface area contributed by atoms with Crippen LogP contribution in [-0.2, 0) is 13.2 Å². The number of rotatable bonds is 7. The molecule has 0 fully saturated rings. The molecule has 1 aromatic heterocycles. The lowest BCUT2D eigenvalue weighted by molar-refractivity contribution is 0.102. The van der Waals surface area contributed by atoms with Gasteiger partial charge in [-0.2, -0.15) is 5.10 Å². The van der Waals surface area contributed by atoms with Crippen LogP contribution in [0.15, 0.2) is 79.0 Å². The summed E-state index contributed by atoms with van der Waals surface area (Å²) in [6.07, 6.45) is 1.76. The molecular formula is C24H18ClF2N3O2. The fourth-order valence-corrected chi connectivity index (χ4v) is 3.30. The molecule has 1 heterocycles. The number of benzene rings is 3. The van der Waals surface area contributed by atoms with E-state index >= 15 is 0 Å². The van der Waals surface area contributed by atoms with E-state index in [1.807, 2.05) is 18.2 Å². The van der Waals surface area contributed by atoms with Gasteiger partial charge in [-0.1, -0.05) is 35.9 Å². The molecule has 8 heteroatoms. The summed E-state index contributed by atoms with van der Waals surface area (Å²) < 4.78 is 33.8. The summed E-state index contributed by atoms with van der Waals surface area (Å²) >= 11 is 6.01. The van der Waals surface area contributed by atoms with Crippen LogP contribution in [0.25, 0.3) is 0 Å². The van der Waals surface area contributed by atoms with Gasteiger partial charge in [-0.25, -0.2) is 8.78 Å². The molecular weight excluding hydrogens is 436 g/mol. The van der Waals surface area contributed by atoms with E-state index in [1.54, 1.807) is 47.3 Å². The van der Waals surface area contributed by atoms with E-state index in [4.69, 9.17) is 16.3 Å². The third-order valence-corrected chi connectivity index (χ3v) is 4.83. The van der Waals surface area contributed by atoms with E-state index < -0.39 is 11.6 Å². The number of carbonyl (C=O) groups is 1. The summed E-state index contributed by atoms with van der Waals surface area (Å²) in [6, 6.07) is 19.0. The second-order valence-corrected chi connectivity index (χ2v) is 7.48. The van der Waals surface area contributed by atoms with E-state index in [0.717, 1.165) is 17.7 Å². The van der Waals surface area contributed by atoms with Crippen molar-refractivity contribution >= 4 is 23.3 Å². The molecule has 0 unspecified atom stereocenters. The van der Waals surface area contributed by atoms with Crippen molar-refractivity contribution in [2.24, 2.45) is 0 Å². The summed E-state index contributed by atoms with van der Waals surface area (Å²) in [5.41, 5.74) is 2.05. The highest BCUT2D eigenvalue weighted by atomic mass is 35.5. The largest absolute Gasteiger partial charge is 0.486 e. The van der Waals surface area contributed by atoms with Crippen LogP contribution in [0.1, 0.15) is 21.5 Å². The number of amides is 1. The van der Waals surface area contributed by atoms with Gasteiger partial charge in [0.25, 0.3) is 5.91 Å². The SMILES string of the molecule is O=C(Nc1ccn(Cc2cccc(Cl)c2)n1)c1cccc(COc2ccc(F)cc2F)c1. The standard InChI is InChI=1S/C24H18ClF2N3O2/c25-19-6-2-3-16(12-19)14-30-10-9-23(29-30)28-24(31)18-5-1-4-17(11-18)15-32-22-8-7-20(26)13-21(22)27/h1-13H,14-15H2,(H,28,29,31). The Hall–Kier alpha value is -3.71. The second-order valence-electron chi connectivity index (χ2n) is 7.05. The topological polar surface area (TPSA) is 56.2 Å². The van der Waals surface area contributed by atoms with Gasteiger partial charge in [-0.3, -0.25) is 9.48 Å². The molecule has 0 aliphatic rings. The van der Waals surface area contributed by atoms with E-state index in [9.17, 15) is 13.6 Å². The molecule has 0 radical (unpaired) electrons. The summed E-state index contributed by atoms with van der Waals surface area (Å²) in [6.45, 7) is 0.543. The van der Waals surface area contributed by atoms with Crippen molar-refractivity contribution < 1.29 is 18.3 Å². The third kappa shape index (κ3) is 5.50. The molecule has 4 rings (SSSR count). The summed E-state index contributed by atoms with van der Waals surface area (Å²) in [4.78, 5) is 12.6. The van der Waals surface area contributed by atoms with E-state index in [2.05, 4.69) is 10.4 Å². The van der Waals surface area contributed by atoms with Gasteiger partial charge in [-0.05, 0) is 47.5 Å². The minimum Gasteiger partial charge on any atom is -0.486 e. The predicted octanol–water partition coefficient (Wildman–Crippen LogP) is 5.69. The Morgan fingerprint density at radius 2 is 1.81 bits per heavy atom. The minimum atomic E-state index is -0.785. The number of aromatic nitrogens is 2. The number of nitrogens with one attached hydrogen (secondary N) is 1. The van der Waals surface area contributed by atoms with E-state index in [1.165, 1.54) is 6.07 Å². The Morgan fingerprint density at radius 1 is 1.00 bits per heavy atom. The molecule has 1 N–H and O–H groups in total. The van der Waals surface area contributed by atoms with Crippen LogP contribution in [0.3, 0.4) is 0 Å². The Kier molecular flexibility index (Phi) is 6.47. The van der Waals surface area contributed by atoms with Gasteiger partial charge >= 0.3 is 0 Å². The van der Waals surface area contributed by atoms with Gasteiger partial charge in [0.2, 0.25) is 0 Å². The smallest absolute Gasteiger partial charge is 0.256 e. The Labute approximate surface area is 188 Å². The summed E-state index contributed by atoms with van der Waals surface area (Å²) in [7, 11) is 0. The number of carbonyl (C=O) groups excluding carboxylic acids is 1. The molecule has 4 aromatic rings. The van der Waals surface area contributed by atoms with Gasteiger partial charge in [0, 0.05) is 28.9 Å². The Bertz CT molecular complexity index is 1260. The molecule has 0 saturated carbocycles. The normalized spacial score (nSPS) is 10.7. The first-order valence-electron chi connectivity index (χ1n) is 9.72. The van der Waals surface area contributed by atoms with Crippen LogP contribution in [0.5, 0.6) is 5.75 Å². The number of hydrogen-bond donors (Lipinski definition) is 1. The van der Waals surface area contributed by atoms with Crippen molar-refractivity contribution in [1.82, 2.24) is 9.78 Å². The zero-order valence-electron chi connectivity index (χ0n) is 16.8. The fraction of sp³-hybridized carbons (Fsp3) is 0.0833. The Balaban J connectivity index is 1.38. The van der Waals surface area contributed by atoms with Crippen LogP contribution in [-0.4, -0.2) is 15.7 Å². The lowest BCUT2D eigenvalue weighted by atomic mass is 10.1. The monoisotopic (exact) mass is 453 g/mol.